The second-order valence-corrected chi connectivity index (χ2v) is 8.22. The van der Waals surface area contributed by atoms with Crippen molar-refractivity contribution >= 4 is 34.2 Å². The summed E-state index contributed by atoms with van der Waals surface area (Å²) in [5, 5.41) is 3.76. The van der Waals surface area contributed by atoms with Crippen LogP contribution in [0.3, 0.4) is 0 Å². The Balaban J connectivity index is 1.53. The lowest BCUT2D eigenvalue weighted by Gasteiger charge is -2.32. The molecule has 2 aliphatic rings. The summed E-state index contributed by atoms with van der Waals surface area (Å²) in [6.07, 6.45) is 2.15. The Labute approximate surface area is 180 Å². The number of H-pyrrole nitrogens is 1. The van der Waals surface area contributed by atoms with Gasteiger partial charge in [-0.2, -0.15) is 0 Å². The van der Waals surface area contributed by atoms with Crippen LogP contribution in [0, 0.1) is 0 Å². The molecule has 4 aromatic rings. The zero-order valence-electron chi connectivity index (χ0n) is 16.4. The van der Waals surface area contributed by atoms with Crippen molar-refractivity contribution in [2.24, 2.45) is 0 Å². The third-order valence-corrected chi connectivity index (χ3v) is 6.01. The lowest BCUT2D eigenvalue weighted by Crippen LogP contribution is -2.38. The van der Waals surface area contributed by atoms with E-state index in [0.717, 1.165) is 25.1 Å². The summed E-state index contributed by atoms with van der Waals surface area (Å²) in [6, 6.07) is 6.98. The second kappa shape index (κ2) is 6.86. The van der Waals surface area contributed by atoms with Crippen molar-refractivity contribution < 1.29 is 9.15 Å². The van der Waals surface area contributed by atoms with E-state index in [1.165, 1.54) is 10.5 Å². The number of oxazole rings is 1. The Morgan fingerprint density at radius 3 is 2.87 bits per heavy atom. The molecular weight excluding hydrogens is 422 g/mol. The Bertz CT molecular complexity index is 1450. The number of benzene rings is 1. The number of fused-ring (bicyclic) bond motifs is 4. The highest BCUT2D eigenvalue weighted by Gasteiger charge is 2.27. The molecule has 1 fully saturated rings. The van der Waals surface area contributed by atoms with Gasteiger partial charge >= 0.3 is 5.76 Å². The third-order valence-electron chi connectivity index (χ3n) is 5.80. The van der Waals surface area contributed by atoms with Crippen LogP contribution in [0.2, 0.25) is 5.02 Å². The number of anilines is 1. The van der Waals surface area contributed by atoms with E-state index in [9.17, 15) is 9.59 Å². The molecule has 5 heterocycles. The van der Waals surface area contributed by atoms with Gasteiger partial charge in [-0.3, -0.25) is 14.2 Å². The minimum atomic E-state index is -0.540. The van der Waals surface area contributed by atoms with E-state index in [-0.39, 0.29) is 5.56 Å². The van der Waals surface area contributed by atoms with Crippen molar-refractivity contribution in [1.82, 2.24) is 19.7 Å². The largest absolute Gasteiger partial charge is 0.480 e. The molecular formula is C21H18ClN5O4. The number of rotatable bonds is 2. The molecule has 2 aliphatic heterocycles. The normalized spacial score (nSPS) is 18.5. The number of pyridine rings is 1. The molecule has 0 unspecified atom stereocenters. The summed E-state index contributed by atoms with van der Waals surface area (Å²) in [7, 11) is 0. The number of aromatic nitrogens is 3. The van der Waals surface area contributed by atoms with Crippen molar-refractivity contribution in [3.05, 3.63) is 67.5 Å². The lowest BCUT2D eigenvalue weighted by molar-refractivity contribution is 0.211. The molecule has 0 aliphatic carbocycles. The minimum Gasteiger partial charge on any atom is -0.480 e. The highest BCUT2D eigenvalue weighted by Crippen LogP contribution is 2.35. The van der Waals surface area contributed by atoms with Gasteiger partial charge in [0.15, 0.2) is 11.3 Å². The van der Waals surface area contributed by atoms with Crippen LogP contribution >= 0.6 is 11.6 Å². The van der Waals surface area contributed by atoms with Gasteiger partial charge in [0, 0.05) is 49.6 Å². The SMILES string of the molecule is O=c1[nH]c2ccc3c(c2o1)O[C@@H](c1cc(Cl)cn2c(=O)cc(N4CCC4)nc12)CNC3. The molecule has 158 valence electrons. The van der Waals surface area contributed by atoms with Crippen LogP contribution in [-0.2, 0) is 6.54 Å². The number of aromatic amines is 1. The first-order valence-electron chi connectivity index (χ1n) is 10.1. The average Bonchev–Trinajstić information content (AvgIpc) is 2.94. The Hall–Kier alpha value is -3.30. The first-order valence-corrected chi connectivity index (χ1v) is 10.4. The third kappa shape index (κ3) is 3.00. The highest BCUT2D eigenvalue weighted by molar-refractivity contribution is 6.30. The van der Waals surface area contributed by atoms with Crippen LogP contribution in [0.1, 0.15) is 23.7 Å². The molecule has 0 spiro atoms. The molecule has 3 aromatic heterocycles. The first kappa shape index (κ1) is 18.5. The van der Waals surface area contributed by atoms with Crippen molar-refractivity contribution in [3.63, 3.8) is 0 Å². The number of halogens is 1. The lowest BCUT2D eigenvalue weighted by atomic mass is 10.1. The summed E-state index contributed by atoms with van der Waals surface area (Å²) in [6.45, 7) is 2.77. The zero-order chi connectivity index (χ0) is 21.1. The predicted octanol–water partition coefficient (Wildman–Crippen LogP) is 2.22. The van der Waals surface area contributed by atoms with E-state index in [2.05, 4.69) is 15.2 Å². The van der Waals surface area contributed by atoms with Crippen molar-refractivity contribution in [3.8, 4) is 5.75 Å². The predicted molar refractivity (Wildman–Crippen MR) is 115 cm³/mol. The van der Waals surface area contributed by atoms with Gasteiger partial charge in [0.2, 0.25) is 0 Å². The van der Waals surface area contributed by atoms with E-state index in [1.807, 2.05) is 6.07 Å². The van der Waals surface area contributed by atoms with Crippen LogP contribution in [0.5, 0.6) is 5.75 Å². The van der Waals surface area contributed by atoms with Crippen LogP contribution in [0.25, 0.3) is 16.7 Å². The summed E-state index contributed by atoms with van der Waals surface area (Å²) in [5.74, 6) is 0.604. The summed E-state index contributed by atoms with van der Waals surface area (Å²) in [4.78, 5) is 34.0. The van der Waals surface area contributed by atoms with Gasteiger partial charge in [-0.25, -0.2) is 9.78 Å². The van der Waals surface area contributed by atoms with Crippen LogP contribution < -0.4 is 26.3 Å². The number of nitrogens with one attached hydrogen (secondary N) is 2. The fourth-order valence-electron chi connectivity index (χ4n) is 4.12. The number of ether oxygens (including phenoxy) is 1. The van der Waals surface area contributed by atoms with Gasteiger partial charge in [-0.05, 0) is 18.6 Å². The van der Waals surface area contributed by atoms with E-state index in [0.29, 0.717) is 52.0 Å². The Kier molecular flexibility index (Phi) is 4.09. The molecule has 0 radical (unpaired) electrons. The Morgan fingerprint density at radius 2 is 2.06 bits per heavy atom. The fraction of sp³-hybridized carbons (Fsp3) is 0.286. The molecule has 1 aromatic carbocycles. The van der Waals surface area contributed by atoms with Crippen LogP contribution in [0.15, 0.2) is 44.5 Å². The number of hydrogen-bond donors (Lipinski definition) is 2. The van der Waals surface area contributed by atoms with E-state index in [1.54, 1.807) is 18.3 Å². The maximum atomic E-state index is 12.8. The molecule has 0 amide bonds. The number of nitrogens with zero attached hydrogens (tertiary/aromatic N) is 3. The summed E-state index contributed by atoms with van der Waals surface area (Å²) < 4.78 is 13.2. The van der Waals surface area contributed by atoms with Crippen molar-refractivity contribution in [2.45, 2.75) is 19.1 Å². The van der Waals surface area contributed by atoms with Gasteiger partial charge < -0.3 is 19.4 Å². The Morgan fingerprint density at radius 1 is 1.19 bits per heavy atom. The molecule has 9 nitrogen and oxygen atoms in total. The molecule has 31 heavy (non-hydrogen) atoms. The molecule has 6 rings (SSSR count). The van der Waals surface area contributed by atoms with E-state index in [4.69, 9.17) is 25.7 Å². The van der Waals surface area contributed by atoms with Crippen LogP contribution in [-0.4, -0.2) is 34.0 Å². The van der Waals surface area contributed by atoms with Gasteiger partial charge in [-0.1, -0.05) is 17.7 Å². The smallest absolute Gasteiger partial charge is 0.417 e. The van der Waals surface area contributed by atoms with Gasteiger partial charge in [0.1, 0.15) is 17.6 Å². The highest BCUT2D eigenvalue weighted by atomic mass is 35.5. The average molecular weight is 440 g/mol. The quantitative estimate of drug-likeness (QED) is 0.493. The van der Waals surface area contributed by atoms with Crippen LogP contribution in [0.4, 0.5) is 5.82 Å². The minimum absolute atomic E-state index is 0.198. The first-order chi connectivity index (χ1) is 15.1. The van der Waals surface area contributed by atoms with Gasteiger partial charge in [0.25, 0.3) is 5.56 Å². The summed E-state index contributed by atoms with van der Waals surface area (Å²) >= 11 is 6.36. The standard InChI is InChI=1S/C21H18ClN5O4/c22-12-6-13(20-25-16(26-4-1-5-26)7-17(28)27(20)10-12)15-9-23-8-11-2-3-14-19(18(11)30-15)31-21(29)24-14/h2-3,6-7,10,15,23H,1,4-5,8-9H2,(H,24,29)/t15-/m1/s1. The van der Waals surface area contributed by atoms with E-state index >= 15 is 0 Å². The second-order valence-electron chi connectivity index (χ2n) is 7.78. The summed E-state index contributed by atoms with van der Waals surface area (Å²) in [5.41, 5.74) is 2.79. The molecule has 2 N–H and O–H groups in total. The molecule has 0 saturated carbocycles. The molecule has 0 bridgehead atoms. The molecule has 1 saturated heterocycles. The topological polar surface area (TPSA) is 105 Å². The fourth-order valence-corrected chi connectivity index (χ4v) is 4.34. The van der Waals surface area contributed by atoms with Crippen molar-refractivity contribution in [1.29, 1.82) is 0 Å². The maximum absolute atomic E-state index is 12.8. The zero-order valence-corrected chi connectivity index (χ0v) is 17.1. The monoisotopic (exact) mass is 439 g/mol. The molecule has 1 atom stereocenters. The van der Waals surface area contributed by atoms with Crippen molar-refractivity contribution in [2.75, 3.05) is 24.5 Å². The maximum Gasteiger partial charge on any atom is 0.417 e. The van der Waals surface area contributed by atoms with Gasteiger partial charge in [0.05, 0.1) is 10.5 Å². The van der Waals surface area contributed by atoms with E-state index < -0.39 is 11.9 Å². The molecule has 10 heteroatoms. The number of hydrogen-bond acceptors (Lipinski definition) is 7. The van der Waals surface area contributed by atoms with Gasteiger partial charge in [-0.15, -0.1) is 0 Å².